The van der Waals surface area contributed by atoms with Gasteiger partial charge in [-0.1, -0.05) is 30.7 Å². The highest BCUT2D eigenvalue weighted by Crippen LogP contribution is 2.29. The van der Waals surface area contributed by atoms with Crippen LogP contribution >= 0.6 is 0 Å². The second kappa shape index (κ2) is 10.7. The molecule has 2 aromatic rings. The van der Waals surface area contributed by atoms with E-state index in [1.165, 1.54) is 43.5 Å². The van der Waals surface area contributed by atoms with Crippen molar-refractivity contribution < 1.29 is 9.47 Å². The van der Waals surface area contributed by atoms with Crippen LogP contribution in [0.3, 0.4) is 0 Å². The Kier molecular flexibility index (Phi) is 7.76. The molecule has 0 radical (unpaired) electrons. The van der Waals surface area contributed by atoms with E-state index in [0.717, 1.165) is 18.8 Å². The molecule has 1 aliphatic heterocycles. The molecule has 3 rings (SSSR count). The summed E-state index contributed by atoms with van der Waals surface area (Å²) < 4.78 is 10.7. The maximum atomic E-state index is 5.38. The molecule has 6 heteroatoms. The van der Waals surface area contributed by atoms with E-state index in [2.05, 4.69) is 44.8 Å². The number of piperidine rings is 1. The van der Waals surface area contributed by atoms with Crippen LogP contribution in [0, 0.1) is 0 Å². The van der Waals surface area contributed by atoms with Gasteiger partial charge in [-0.2, -0.15) is 0 Å². The quantitative estimate of drug-likeness (QED) is 0.549. The van der Waals surface area contributed by atoms with Gasteiger partial charge in [0.2, 0.25) is 0 Å². The molecule has 1 heterocycles. The van der Waals surface area contributed by atoms with Crippen LogP contribution in [0.15, 0.2) is 47.5 Å². The normalized spacial score (nSPS) is 15.1. The predicted molar refractivity (Wildman–Crippen MR) is 119 cm³/mol. The zero-order chi connectivity index (χ0) is 20.5. The summed E-state index contributed by atoms with van der Waals surface area (Å²) in [5, 5.41) is 6.74. The summed E-state index contributed by atoms with van der Waals surface area (Å²) in [6, 6.07) is 14.4. The molecule has 6 nitrogen and oxygen atoms in total. The van der Waals surface area contributed by atoms with Crippen LogP contribution in [0.1, 0.15) is 30.4 Å². The lowest BCUT2D eigenvalue weighted by molar-refractivity contribution is 0.220. The van der Waals surface area contributed by atoms with Crippen LogP contribution in [0.2, 0.25) is 0 Å². The third-order valence-electron chi connectivity index (χ3n) is 5.28. The van der Waals surface area contributed by atoms with Crippen LogP contribution in [0.25, 0.3) is 0 Å². The first-order valence-electron chi connectivity index (χ1n) is 10.2. The molecule has 0 aromatic heterocycles. The Bertz CT molecular complexity index is 816. The van der Waals surface area contributed by atoms with Crippen LogP contribution in [0.4, 0.5) is 5.69 Å². The highest BCUT2D eigenvalue weighted by Gasteiger charge is 2.13. The molecule has 1 saturated heterocycles. The summed E-state index contributed by atoms with van der Waals surface area (Å²) in [6.07, 6.45) is 3.97. The van der Waals surface area contributed by atoms with Gasteiger partial charge in [0.25, 0.3) is 0 Å². The zero-order valence-corrected chi connectivity index (χ0v) is 17.7. The molecule has 0 aliphatic carbocycles. The van der Waals surface area contributed by atoms with Gasteiger partial charge >= 0.3 is 0 Å². The van der Waals surface area contributed by atoms with E-state index in [1.807, 2.05) is 18.2 Å². The largest absolute Gasteiger partial charge is 0.493 e. The maximum absolute atomic E-state index is 5.38. The third-order valence-corrected chi connectivity index (χ3v) is 5.28. The predicted octanol–water partition coefficient (Wildman–Crippen LogP) is 3.88. The topological polar surface area (TPSA) is 58.1 Å². The van der Waals surface area contributed by atoms with Gasteiger partial charge < -0.3 is 20.1 Å². The Morgan fingerprint density at radius 2 is 1.69 bits per heavy atom. The minimum atomic E-state index is 0.680. The minimum absolute atomic E-state index is 0.680. The van der Waals surface area contributed by atoms with Gasteiger partial charge in [0.1, 0.15) is 0 Å². The molecule has 0 atom stereocenters. The average molecular weight is 397 g/mol. The molecule has 1 aliphatic rings. The van der Waals surface area contributed by atoms with Gasteiger partial charge in [-0.15, -0.1) is 0 Å². The first-order chi connectivity index (χ1) is 14.2. The molecule has 0 bridgehead atoms. The second-order valence-corrected chi connectivity index (χ2v) is 7.23. The Morgan fingerprint density at radius 1 is 0.966 bits per heavy atom. The number of ether oxygens (including phenoxy) is 2. The molecule has 2 aromatic carbocycles. The van der Waals surface area contributed by atoms with Crippen LogP contribution in [-0.2, 0) is 13.1 Å². The average Bonchev–Trinajstić information content (AvgIpc) is 2.78. The van der Waals surface area contributed by atoms with Crippen molar-refractivity contribution in [3.63, 3.8) is 0 Å². The first-order valence-corrected chi connectivity index (χ1v) is 10.2. The lowest BCUT2D eigenvalue weighted by atomic mass is 10.0. The molecular weight excluding hydrogens is 364 g/mol. The highest BCUT2D eigenvalue weighted by atomic mass is 16.5. The Morgan fingerprint density at radius 3 is 2.38 bits per heavy atom. The van der Waals surface area contributed by atoms with E-state index in [1.54, 1.807) is 21.3 Å². The van der Waals surface area contributed by atoms with Crippen LogP contribution < -0.4 is 20.1 Å². The van der Waals surface area contributed by atoms with Crippen molar-refractivity contribution in [2.75, 3.05) is 39.7 Å². The van der Waals surface area contributed by atoms with Crippen molar-refractivity contribution >= 4 is 11.6 Å². The standard InChI is InChI=1S/C23H32N4O2/c1-24-23(26-20-11-12-21(28-2)22(15-20)29-3)25-16-18-9-5-6-10-19(18)17-27-13-7-4-8-14-27/h5-6,9-12,15H,4,7-8,13-14,16-17H2,1-3H3,(H2,24,25,26). The number of methoxy groups -OCH3 is 2. The molecule has 156 valence electrons. The summed E-state index contributed by atoms with van der Waals surface area (Å²) >= 11 is 0. The second-order valence-electron chi connectivity index (χ2n) is 7.23. The Labute approximate surface area is 173 Å². The number of anilines is 1. The highest BCUT2D eigenvalue weighted by molar-refractivity contribution is 5.93. The zero-order valence-electron chi connectivity index (χ0n) is 17.7. The number of aliphatic imine (C=N–C) groups is 1. The maximum Gasteiger partial charge on any atom is 0.195 e. The Balaban J connectivity index is 1.62. The lowest BCUT2D eigenvalue weighted by Gasteiger charge is -2.27. The van der Waals surface area contributed by atoms with Crippen molar-refractivity contribution in [3.05, 3.63) is 53.6 Å². The summed E-state index contributed by atoms with van der Waals surface area (Å²) in [5.74, 6) is 2.09. The summed E-state index contributed by atoms with van der Waals surface area (Å²) in [7, 11) is 5.04. The van der Waals surface area contributed by atoms with E-state index >= 15 is 0 Å². The fraction of sp³-hybridized carbons (Fsp3) is 0.435. The number of nitrogens with zero attached hydrogens (tertiary/aromatic N) is 2. The van der Waals surface area contributed by atoms with Gasteiger partial charge in [-0.3, -0.25) is 9.89 Å². The SMILES string of the molecule is CN=C(NCc1ccccc1CN1CCCCC1)Nc1ccc(OC)c(OC)c1. The fourth-order valence-corrected chi connectivity index (χ4v) is 3.65. The van der Waals surface area contributed by atoms with Gasteiger partial charge in [0.05, 0.1) is 14.2 Å². The summed E-state index contributed by atoms with van der Waals surface area (Å²) in [5.41, 5.74) is 3.56. The van der Waals surface area contributed by atoms with E-state index in [-0.39, 0.29) is 0 Å². The van der Waals surface area contributed by atoms with Gasteiger partial charge in [0.15, 0.2) is 17.5 Å². The van der Waals surface area contributed by atoms with E-state index < -0.39 is 0 Å². The summed E-state index contributed by atoms with van der Waals surface area (Å²) in [6.45, 7) is 4.13. The van der Waals surface area contributed by atoms with Gasteiger partial charge in [0, 0.05) is 31.9 Å². The number of hydrogen-bond donors (Lipinski definition) is 2. The molecule has 0 spiro atoms. The van der Waals surface area contributed by atoms with Crippen molar-refractivity contribution in [2.45, 2.75) is 32.4 Å². The van der Waals surface area contributed by atoms with E-state index in [4.69, 9.17) is 9.47 Å². The summed E-state index contributed by atoms with van der Waals surface area (Å²) in [4.78, 5) is 6.91. The molecule has 1 fully saturated rings. The molecule has 29 heavy (non-hydrogen) atoms. The number of nitrogens with one attached hydrogen (secondary N) is 2. The number of guanidine groups is 1. The van der Waals surface area contributed by atoms with Crippen molar-refractivity contribution in [1.82, 2.24) is 10.2 Å². The number of rotatable bonds is 7. The molecule has 0 unspecified atom stereocenters. The third kappa shape index (κ3) is 5.87. The number of hydrogen-bond acceptors (Lipinski definition) is 4. The molecule has 0 saturated carbocycles. The van der Waals surface area contributed by atoms with Crippen LogP contribution in [-0.4, -0.2) is 45.2 Å². The van der Waals surface area contributed by atoms with Crippen molar-refractivity contribution in [2.24, 2.45) is 4.99 Å². The van der Waals surface area contributed by atoms with Crippen molar-refractivity contribution in [3.8, 4) is 11.5 Å². The minimum Gasteiger partial charge on any atom is -0.493 e. The van der Waals surface area contributed by atoms with Gasteiger partial charge in [-0.25, -0.2) is 0 Å². The van der Waals surface area contributed by atoms with Crippen molar-refractivity contribution in [1.29, 1.82) is 0 Å². The fourth-order valence-electron chi connectivity index (χ4n) is 3.65. The smallest absolute Gasteiger partial charge is 0.195 e. The first kappa shape index (κ1) is 21.0. The van der Waals surface area contributed by atoms with E-state index in [0.29, 0.717) is 17.5 Å². The lowest BCUT2D eigenvalue weighted by Crippen LogP contribution is -2.32. The number of likely N-dealkylation sites (tertiary alicyclic amines) is 1. The van der Waals surface area contributed by atoms with Gasteiger partial charge in [-0.05, 0) is 49.2 Å². The molecular formula is C23H32N4O2. The molecule has 0 amide bonds. The monoisotopic (exact) mass is 396 g/mol. The molecule has 2 N–H and O–H groups in total. The number of benzene rings is 2. The van der Waals surface area contributed by atoms with Crippen LogP contribution in [0.5, 0.6) is 11.5 Å². The Hall–Kier alpha value is -2.73. The van der Waals surface area contributed by atoms with E-state index in [9.17, 15) is 0 Å².